The highest BCUT2D eigenvalue weighted by molar-refractivity contribution is 5.95. The van der Waals surface area contributed by atoms with Crippen LogP contribution in [0.15, 0.2) is 42.5 Å². The summed E-state index contributed by atoms with van der Waals surface area (Å²) in [5.74, 6) is -1.000. The van der Waals surface area contributed by atoms with Crippen molar-refractivity contribution in [3.63, 3.8) is 0 Å². The zero-order chi connectivity index (χ0) is 20.4. The Morgan fingerprint density at radius 1 is 1.21 bits per heavy atom. The summed E-state index contributed by atoms with van der Waals surface area (Å²) in [6.45, 7) is 5.66. The van der Waals surface area contributed by atoms with Crippen LogP contribution in [-0.2, 0) is 4.79 Å². The molecule has 0 aromatic heterocycles. The average Bonchev–Trinajstić information content (AvgIpc) is 2.69. The molecule has 2 aromatic rings. The maximum Gasteiger partial charge on any atom is 0.335 e. The highest BCUT2D eigenvalue weighted by Gasteiger charge is 2.39. The van der Waals surface area contributed by atoms with E-state index in [1.165, 1.54) is 0 Å². The van der Waals surface area contributed by atoms with Crippen LogP contribution in [0.4, 0.5) is 11.4 Å². The van der Waals surface area contributed by atoms with Gasteiger partial charge in [-0.1, -0.05) is 13.8 Å². The quantitative estimate of drug-likeness (QED) is 0.833. The molecule has 0 aliphatic carbocycles. The van der Waals surface area contributed by atoms with Gasteiger partial charge in [-0.05, 0) is 54.4 Å². The minimum absolute atomic E-state index is 0.00319. The van der Waals surface area contributed by atoms with Crippen molar-refractivity contribution in [1.29, 1.82) is 5.26 Å². The maximum absolute atomic E-state index is 12.4. The van der Waals surface area contributed by atoms with Crippen molar-refractivity contribution in [1.82, 2.24) is 0 Å². The molecule has 2 aromatic carbocycles. The number of amides is 1. The van der Waals surface area contributed by atoms with Crippen molar-refractivity contribution in [3.05, 3.63) is 59.2 Å². The van der Waals surface area contributed by atoms with Crippen LogP contribution in [0.1, 0.15) is 54.7 Å². The van der Waals surface area contributed by atoms with Gasteiger partial charge in [0.1, 0.15) is 0 Å². The Labute approximate surface area is 164 Å². The van der Waals surface area contributed by atoms with Crippen LogP contribution in [0, 0.1) is 17.2 Å². The SMILES string of the molecule is CCC1C(C)C(Nc2ccc(C#N)cc2)c2cc(C(=O)O)ccc2N1C(C)=O. The van der Waals surface area contributed by atoms with E-state index in [0.717, 1.165) is 23.4 Å². The molecule has 0 saturated heterocycles. The third-order valence-electron chi connectivity index (χ3n) is 5.43. The number of anilines is 2. The van der Waals surface area contributed by atoms with Crippen molar-refractivity contribution in [2.24, 2.45) is 5.92 Å². The maximum atomic E-state index is 12.4. The Kier molecular flexibility index (Phi) is 5.36. The second-order valence-corrected chi connectivity index (χ2v) is 7.11. The molecule has 2 N–H and O–H groups in total. The van der Waals surface area contributed by atoms with Crippen LogP contribution in [0.25, 0.3) is 0 Å². The summed E-state index contributed by atoms with van der Waals surface area (Å²) >= 11 is 0. The number of carbonyl (C=O) groups is 2. The molecule has 3 atom stereocenters. The highest BCUT2D eigenvalue weighted by atomic mass is 16.4. The fourth-order valence-electron chi connectivity index (χ4n) is 4.06. The van der Waals surface area contributed by atoms with E-state index < -0.39 is 5.97 Å². The molecule has 1 aliphatic heterocycles. The van der Waals surface area contributed by atoms with E-state index in [0.29, 0.717) is 5.56 Å². The molecule has 6 heteroatoms. The van der Waals surface area contributed by atoms with Crippen molar-refractivity contribution < 1.29 is 14.7 Å². The molecule has 28 heavy (non-hydrogen) atoms. The summed E-state index contributed by atoms with van der Waals surface area (Å²) in [6, 6.07) is 14.0. The molecule has 1 amide bonds. The number of carboxylic acids is 1. The van der Waals surface area contributed by atoms with Gasteiger partial charge < -0.3 is 15.3 Å². The van der Waals surface area contributed by atoms with Gasteiger partial charge in [-0.2, -0.15) is 5.26 Å². The summed E-state index contributed by atoms with van der Waals surface area (Å²) in [5, 5.41) is 21.9. The smallest absolute Gasteiger partial charge is 0.335 e. The normalized spacial score (nSPS) is 20.8. The van der Waals surface area contributed by atoms with Gasteiger partial charge in [0.25, 0.3) is 0 Å². The molecule has 0 bridgehead atoms. The largest absolute Gasteiger partial charge is 0.478 e. The number of rotatable bonds is 4. The standard InChI is InChI=1S/C22H23N3O3/c1-4-19-13(2)21(24-17-8-5-15(12-23)6-9-17)18-11-16(22(27)28)7-10-20(18)25(19)14(3)26/h5-11,13,19,21,24H,4H2,1-3H3,(H,27,28). The number of hydrogen-bond acceptors (Lipinski definition) is 4. The number of nitrogens with one attached hydrogen (secondary N) is 1. The average molecular weight is 377 g/mol. The lowest BCUT2D eigenvalue weighted by atomic mass is 9.80. The Hall–Kier alpha value is -3.33. The third-order valence-corrected chi connectivity index (χ3v) is 5.43. The molecule has 3 rings (SSSR count). The summed E-state index contributed by atoms with van der Waals surface area (Å²) < 4.78 is 0. The van der Waals surface area contributed by atoms with Gasteiger partial charge in [-0.3, -0.25) is 4.79 Å². The molecule has 0 saturated carbocycles. The van der Waals surface area contributed by atoms with Gasteiger partial charge in [-0.25, -0.2) is 4.79 Å². The van der Waals surface area contributed by atoms with Gasteiger partial charge in [0.2, 0.25) is 5.91 Å². The molecule has 3 unspecified atom stereocenters. The number of carbonyl (C=O) groups excluding carboxylic acids is 1. The van der Waals surface area contributed by atoms with E-state index in [9.17, 15) is 14.7 Å². The van der Waals surface area contributed by atoms with Crippen molar-refractivity contribution >= 4 is 23.3 Å². The number of carboxylic acid groups (broad SMARTS) is 1. The number of benzene rings is 2. The zero-order valence-electron chi connectivity index (χ0n) is 16.1. The van der Waals surface area contributed by atoms with E-state index in [1.54, 1.807) is 42.2 Å². The molecular weight excluding hydrogens is 354 g/mol. The number of fused-ring (bicyclic) bond motifs is 1. The van der Waals surface area contributed by atoms with Crippen LogP contribution < -0.4 is 10.2 Å². The lowest BCUT2D eigenvalue weighted by Crippen LogP contribution is -2.49. The molecule has 144 valence electrons. The van der Waals surface area contributed by atoms with Gasteiger partial charge in [0.05, 0.1) is 23.2 Å². The van der Waals surface area contributed by atoms with E-state index in [4.69, 9.17) is 5.26 Å². The first-order chi connectivity index (χ1) is 13.4. The lowest BCUT2D eigenvalue weighted by Gasteiger charge is -2.45. The van der Waals surface area contributed by atoms with E-state index in [1.807, 2.05) is 19.1 Å². The van der Waals surface area contributed by atoms with E-state index >= 15 is 0 Å². The number of nitrogens with zero attached hydrogens (tertiary/aromatic N) is 2. The summed E-state index contributed by atoms with van der Waals surface area (Å²) in [4.78, 5) is 25.7. The first-order valence-corrected chi connectivity index (χ1v) is 9.31. The Bertz CT molecular complexity index is 946. The third kappa shape index (κ3) is 3.44. The summed E-state index contributed by atoms with van der Waals surface area (Å²) in [5.41, 5.74) is 3.14. The fraction of sp³-hybridized carbons (Fsp3) is 0.318. The first-order valence-electron chi connectivity index (χ1n) is 9.31. The molecule has 1 aliphatic rings. The molecule has 6 nitrogen and oxygen atoms in total. The van der Waals surface area contributed by atoms with Gasteiger partial charge in [0, 0.05) is 30.3 Å². The summed E-state index contributed by atoms with van der Waals surface area (Å²) in [6.07, 6.45) is 0.784. The van der Waals surface area contributed by atoms with Crippen LogP contribution in [0.3, 0.4) is 0 Å². The second kappa shape index (κ2) is 7.73. The predicted octanol–water partition coefficient (Wildman–Crippen LogP) is 4.19. The number of hydrogen-bond donors (Lipinski definition) is 2. The molecule has 0 fully saturated rings. The minimum atomic E-state index is -1.00. The lowest BCUT2D eigenvalue weighted by molar-refractivity contribution is -0.117. The Morgan fingerprint density at radius 3 is 2.43 bits per heavy atom. The van der Waals surface area contributed by atoms with Crippen LogP contribution in [0.2, 0.25) is 0 Å². The van der Waals surface area contributed by atoms with Crippen LogP contribution in [0.5, 0.6) is 0 Å². The number of aromatic carboxylic acids is 1. The van der Waals surface area contributed by atoms with Gasteiger partial charge in [0.15, 0.2) is 0 Å². The van der Waals surface area contributed by atoms with Crippen molar-refractivity contribution in [3.8, 4) is 6.07 Å². The zero-order valence-corrected chi connectivity index (χ0v) is 16.1. The van der Waals surface area contributed by atoms with Crippen molar-refractivity contribution in [2.45, 2.75) is 39.3 Å². The first kappa shape index (κ1) is 19.4. The van der Waals surface area contributed by atoms with Crippen LogP contribution >= 0.6 is 0 Å². The second-order valence-electron chi connectivity index (χ2n) is 7.11. The number of nitriles is 1. The molecule has 0 spiro atoms. The van der Waals surface area contributed by atoms with Gasteiger partial charge >= 0.3 is 5.97 Å². The van der Waals surface area contributed by atoms with Gasteiger partial charge in [-0.15, -0.1) is 0 Å². The van der Waals surface area contributed by atoms with Crippen LogP contribution in [-0.4, -0.2) is 23.0 Å². The van der Waals surface area contributed by atoms with E-state index in [2.05, 4.69) is 18.3 Å². The minimum Gasteiger partial charge on any atom is -0.478 e. The molecular formula is C22H23N3O3. The topological polar surface area (TPSA) is 93.4 Å². The summed E-state index contributed by atoms with van der Waals surface area (Å²) in [7, 11) is 0. The van der Waals surface area contributed by atoms with E-state index in [-0.39, 0.29) is 29.5 Å². The monoisotopic (exact) mass is 377 g/mol. The molecule has 1 heterocycles. The predicted molar refractivity (Wildman–Crippen MR) is 107 cm³/mol. The molecule has 0 radical (unpaired) electrons. The highest BCUT2D eigenvalue weighted by Crippen LogP contribution is 2.43. The van der Waals surface area contributed by atoms with Crippen molar-refractivity contribution in [2.75, 3.05) is 10.2 Å². The Morgan fingerprint density at radius 2 is 1.89 bits per heavy atom. The Balaban J connectivity index is 2.10. The fourth-order valence-corrected chi connectivity index (χ4v) is 4.06.